The molecule has 2 aromatic rings. The Morgan fingerprint density at radius 3 is 2.38 bits per heavy atom. The van der Waals surface area contributed by atoms with E-state index >= 15 is 0 Å². The molecular weight excluding hydrogens is 258 g/mol. The molecule has 1 N–H and O–H groups in total. The van der Waals surface area contributed by atoms with Gasteiger partial charge in [0.2, 0.25) is 0 Å². The van der Waals surface area contributed by atoms with E-state index in [0.29, 0.717) is 6.04 Å². The Morgan fingerprint density at radius 2 is 1.81 bits per heavy atom. The van der Waals surface area contributed by atoms with Gasteiger partial charge in [0, 0.05) is 31.9 Å². The van der Waals surface area contributed by atoms with Crippen molar-refractivity contribution >= 4 is 5.82 Å². The van der Waals surface area contributed by atoms with E-state index in [1.165, 1.54) is 11.1 Å². The third-order valence-electron chi connectivity index (χ3n) is 3.45. The molecule has 0 saturated heterocycles. The van der Waals surface area contributed by atoms with Gasteiger partial charge < -0.3 is 10.2 Å². The van der Waals surface area contributed by atoms with E-state index in [1.54, 1.807) is 0 Å². The number of anilines is 1. The highest BCUT2D eigenvalue weighted by Gasteiger charge is 2.06. The Kier molecular flexibility index (Phi) is 5.76. The third-order valence-corrected chi connectivity index (χ3v) is 3.45. The molecule has 0 spiro atoms. The zero-order valence-corrected chi connectivity index (χ0v) is 13.2. The summed E-state index contributed by atoms with van der Waals surface area (Å²) >= 11 is 0. The van der Waals surface area contributed by atoms with Crippen molar-refractivity contribution in [2.75, 3.05) is 11.4 Å². The second kappa shape index (κ2) is 7.79. The fourth-order valence-corrected chi connectivity index (χ4v) is 2.19. The van der Waals surface area contributed by atoms with Crippen molar-refractivity contribution in [1.29, 1.82) is 0 Å². The molecule has 1 heterocycles. The molecule has 0 aliphatic rings. The Bertz CT molecular complexity index is 520. The molecule has 21 heavy (non-hydrogen) atoms. The number of nitrogens with zero attached hydrogens (tertiary/aromatic N) is 2. The summed E-state index contributed by atoms with van der Waals surface area (Å²) in [5.41, 5.74) is 2.54. The first-order chi connectivity index (χ1) is 10.2. The van der Waals surface area contributed by atoms with Crippen molar-refractivity contribution in [2.24, 2.45) is 0 Å². The van der Waals surface area contributed by atoms with Gasteiger partial charge in [0.15, 0.2) is 0 Å². The van der Waals surface area contributed by atoms with Crippen LogP contribution in [-0.2, 0) is 13.1 Å². The first-order valence-corrected chi connectivity index (χ1v) is 7.66. The average Bonchev–Trinajstić information content (AvgIpc) is 2.52. The van der Waals surface area contributed by atoms with Gasteiger partial charge in [0.1, 0.15) is 5.82 Å². The van der Waals surface area contributed by atoms with Crippen molar-refractivity contribution in [1.82, 2.24) is 10.3 Å². The van der Waals surface area contributed by atoms with Gasteiger partial charge in [-0.25, -0.2) is 4.98 Å². The van der Waals surface area contributed by atoms with Crippen molar-refractivity contribution in [3.63, 3.8) is 0 Å². The third kappa shape index (κ3) is 4.87. The van der Waals surface area contributed by atoms with Gasteiger partial charge in [-0.1, -0.05) is 50.2 Å². The molecule has 0 aliphatic carbocycles. The van der Waals surface area contributed by atoms with Crippen LogP contribution >= 0.6 is 0 Å². The van der Waals surface area contributed by atoms with Crippen LogP contribution in [0, 0.1) is 0 Å². The number of hydrogen-bond donors (Lipinski definition) is 1. The van der Waals surface area contributed by atoms with Crippen LogP contribution in [0.25, 0.3) is 0 Å². The summed E-state index contributed by atoms with van der Waals surface area (Å²) in [4.78, 5) is 6.90. The molecule has 1 aromatic carbocycles. The van der Waals surface area contributed by atoms with Gasteiger partial charge in [0.05, 0.1) is 0 Å². The number of nitrogens with one attached hydrogen (secondary N) is 1. The highest BCUT2D eigenvalue weighted by molar-refractivity contribution is 5.40. The first kappa shape index (κ1) is 15.5. The lowest BCUT2D eigenvalue weighted by atomic mass is 10.2. The fourth-order valence-electron chi connectivity index (χ4n) is 2.19. The van der Waals surface area contributed by atoms with Crippen LogP contribution in [-0.4, -0.2) is 17.6 Å². The van der Waals surface area contributed by atoms with Crippen molar-refractivity contribution in [3.05, 3.63) is 59.8 Å². The molecule has 0 unspecified atom stereocenters. The van der Waals surface area contributed by atoms with Gasteiger partial charge in [-0.2, -0.15) is 0 Å². The molecule has 1 aromatic heterocycles. The maximum absolute atomic E-state index is 4.61. The normalized spacial score (nSPS) is 10.9. The lowest BCUT2D eigenvalue weighted by Crippen LogP contribution is -2.24. The summed E-state index contributed by atoms with van der Waals surface area (Å²) in [5.74, 6) is 1.04. The molecule has 0 aliphatic heterocycles. The largest absolute Gasteiger partial charge is 0.353 e. The fraction of sp³-hybridized carbons (Fsp3) is 0.389. The Hall–Kier alpha value is -1.87. The van der Waals surface area contributed by atoms with Crippen LogP contribution in [0.2, 0.25) is 0 Å². The smallest absolute Gasteiger partial charge is 0.128 e. The lowest BCUT2D eigenvalue weighted by molar-refractivity contribution is 0.588. The number of hydrogen-bond acceptors (Lipinski definition) is 3. The molecule has 3 heteroatoms. The molecule has 3 nitrogen and oxygen atoms in total. The second-order valence-corrected chi connectivity index (χ2v) is 5.56. The van der Waals surface area contributed by atoms with E-state index in [9.17, 15) is 0 Å². The monoisotopic (exact) mass is 283 g/mol. The average molecular weight is 283 g/mol. The Morgan fingerprint density at radius 1 is 1.05 bits per heavy atom. The van der Waals surface area contributed by atoms with Gasteiger partial charge in [-0.3, -0.25) is 0 Å². The summed E-state index contributed by atoms with van der Waals surface area (Å²) in [6.07, 6.45) is 1.97. The molecule has 0 amide bonds. The van der Waals surface area contributed by atoms with Crippen LogP contribution in [0.1, 0.15) is 31.9 Å². The molecule has 0 bridgehead atoms. The van der Waals surface area contributed by atoms with Crippen LogP contribution < -0.4 is 10.2 Å². The minimum absolute atomic E-state index is 0.495. The molecule has 2 rings (SSSR count). The van der Waals surface area contributed by atoms with Gasteiger partial charge >= 0.3 is 0 Å². The van der Waals surface area contributed by atoms with E-state index in [0.717, 1.165) is 25.5 Å². The van der Waals surface area contributed by atoms with E-state index in [1.807, 2.05) is 6.20 Å². The van der Waals surface area contributed by atoms with Crippen LogP contribution in [0.4, 0.5) is 5.82 Å². The molecule has 0 fully saturated rings. The molecule has 112 valence electrons. The number of benzene rings is 1. The zero-order valence-electron chi connectivity index (χ0n) is 13.2. The lowest BCUT2D eigenvalue weighted by Gasteiger charge is -2.22. The van der Waals surface area contributed by atoms with Crippen LogP contribution in [0.5, 0.6) is 0 Å². The van der Waals surface area contributed by atoms with Crippen LogP contribution in [0.15, 0.2) is 48.7 Å². The van der Waals surface area contributed by atoms with Crippen molar-refractivity contribution < 1.29 is 0 Å². The maximum atomic E-state index is 4.61. The SMILES string of the molecule is CCN(Cc1ccccc1)c1ccc(CNC(C)C)cn1. The number of pyridine rings is 1. The van der Waals surface area contributed by atoms with E-state index in [4.69, 9.17) is 0 Å². The first-order valence-electron chi connectivity index (χ1n) is 7.66. The Labute approximate surface area is 128 Å². The van der Waals surface area contributed by atoms with E-state index in [-0.39, 0.29) is 0 Å². The van der Waals surface area contributed by atoms with Crippen molar-refractivity contribution in [3.8, 4) is 0 Å². The minimum atomic E-state index is 0.495. The van der Waals surface area contributed by atoms with E-state index < -0.39 is 0 Å². The predicted octanol–water partition coefficient (Wildman–Crippen LogP) is 3.61. The highest BCUT2D eigenvalue weighted by Crippen LogP contribution is 2.15. The molecule has 0 radical (unpaired) electrons. The predicted molar refractivity (Wildman–Crippen MR) is 89.4 cm³/mol. The Balaban J connectivity index is 2.01. The second-order valence-electron chi connectivity index (χ2n) is 5.56. The summed E-state index contributed by atoms with van der Waals surface area (Å²) in [5, 5.41) is 3.41. The summed E-state index contributed by atoms with van der Waals surface area (Å²) in [7, 11) is 0. The number of rotatable bonds is 7. The van der Waals surface area contributed by atoms with Crippen LogP contribution in [0.3, 0.4) is 0 Å². The molecule has 0 atom stereocenters. The highest BCUT2D eigenvalue weighted by atomic mass is 15.2. The summed E-state index contributed by atoms with van der Waals surface area (Å²) in [6.45, 7) is 9.19. The summed E-state index contributed by atoms with van der Waals surface area (Å²) in [6, 6.07) is 15.3. The summed E-state index contributed by atoms with van der Waals surface area (Å²) < 4.78 is 0. The maximum Gasteiger partial charge on any atom is 0.128 e. The topological polar surface area (TPSA) is 28.2 Å². The van der Waals surface area contributed by atoms with Gasteiger partial charge in [-0.05, 0) is 24.1 Å². The van der Waals surface area contributed by atoms with Crippen molar-refractivity contribution in [2.45, 2.75) is 39.9 Å². The minimum Gasteiger partial charge on any atom is -0.353 e. The standard InChI is InChI=1S/C18H25N3/c1-4-21(14-16-8-6-5-7-9-16)18-11-10-17(13-20-18)12-19-15(2)3/h5-11,13,15,19H,4,12,14H2,1-3H3. The molecule has 0 saturated carbocycles. The quantitative estimate of drug-likeness (QED) is 0.841. The molecular formula is C18H25N3. The van der Waals surface area contributed by atoms with Gasteiger partial charge in [0.25, 0.3) is 0 Å². The van der Waals surface area contributed by atoms with E-state index in [2.05, 4.69) is 78.4 Å². The number of aromatic nitrogens is 1. The zero-order chi connectivity index (χ0) is 15.1. The van der Waals surface area contributed by atoms with Gasteiger partial charge in [-0.15, -0.1) is 0 Å².